The van der Waals surface area contributed by atoms with E-state index in [2.05, 4.69) is 6.92 Å². The predicted octanol–water partition coefficient (Wildman–Crippen LogP) is 3.69. The van der Waals surface area contributed by atoms with Crippen molar-refractivity contribution in [1.29, 1.82) is 0 Å². The van der Waals surface area contributed by atoms with Crippen LogP contribution in [0.1, 0.15) is 37.5 Å². The fraction of sp³-hybridized carbons (Fsp3) is 0.692. The molecule has 0 amide bonds. The van der Waals surface area contributed by atoms with E-state index in [1.807, 2.05) is 0 Å². The average Bonchev–Trinajstić information content (AvgIpc) is 2.88. The normalized spacial score (nSPS) is 24.8. The molecule has 0 atom stereocenters. The number of halogens is 1. The lowest BCUT2D eigenvalue weighted by Crippen LogP contribution is -2.39. The Morgan fingerprint density at radius 1 is 1.37 bits per heavy atom. The van der Waals surface area contributed by atoms with Gasteiger partial charge < -0.3 is 0 Å². The molecule has 0 aromatic carbocycles. The standard InChI is InChI=1S/C13H20ClNO2S2/c1-10-3-5-11(6-4-10)15(2)19(16,17)13-7-12(8-14)18-9-13/h7,9-11H,3-6,8H2,1-2H3. The Morgan fingerprint density at radius 3 is 2.53 bits per heavy atom. The quantitative estimate of drug-likeness (QED) is 0.793. The highest BCUT2D eigenvalue weighted by molar-refractivity contribution is 7.89. The largest absolute Gasteiger partial charge is 0.243 e. The van der Waals surface area contributed by atoms with Crippen molar-refractivity contribution in [2.24, 2.45) is 5.92 Å². The van der Waals surface area contributed by atoms with Crippen LogP contribution in [0.4, 0.5) is 0 Å². The second-order valence-electron chi connectivity index (χ2n) is 5.32. The molecular weight excluding hydrogens is 302 g/mol. The van der Waals surface area contributed by atoms with Gasteiger partial charge in [-0.15, -0.1) is 22.9 Å². The Morgan fingerprint density at radius 2 is 2.00 bits per heavy atom. The molecule has 1 saturated carbocycles. The van der Waals surface area contributed by atoms with Gasteiger partial charge in [-0.25, -0.2) is 8.42 Å². The van der Waals surface area contributed by atoms with Gasteiger partial charge in [0.15, 0.2) is 0 Å². The van der Waals surface area contributed by atoms with Crippen molar-refractivity contribution in [2.45, 2.75) is 49.4 Å². The van der Waals surface area contributed by atoms with E-state index < -0.39 is 10.0 Å². The van der Waals surface area contributed by atoms with Crippen LogP contribution < -0.4 is 0 Å². The fourth-order valence-corrected chi connectivity index (χ4v) is 5.33. The molecule has 1 aliphatic carbocycles. The van der Waals surface area contributed by atoms with Crippen molar-refractivity contribution < 1.29 is 8.42 Å². The van der Waals surface area contributed by atoms with E-state index in [1.54, 1.807) is 22.8 Å². The lowest BCUT2D eigenvalue weighted by atomic mass is 9.87. The van der Waals surface area contributed by atoms with E-state index in [4.69, 9.17) is 11.6 Å². The molecule has 0 N–H and O–H groups in total. The molecule has 0 bridgehead atoms. The van der Waals surface area contributed by atoms with E-state index >= 15 is 0 Å². The summed E-state index contributed by atoms with van der Waals surface area (Å²) in [5.74, 6) is 1.08. The van der Waals surface area contributed by atoms with E-state index in [9.17, 15) is 8.42 Å². The van der Waals surface area contributed by atoms with Crippen LogP contribution in [0.15, 0.2) is 16.3 Å². The van der Waals surface area contributed by atoms with Gasteiger partial charge in [0.05, 0.1) is 10.8 Å². The molecule has 0 radical (unpaired) electrons. The molecule has 19 heavy (non-hydrogen) atoms. The van der Waals surface area contributed by atoms with Crippen molar-refractivity contribution in [3.8, 4) is 0 Å². The second-order valence-corrected chi connectivity index (χ2v) is 8.58. The fourth-order valence-electron chi connectivity index (χ4n) is 2.53. The Hall–Kier alpha value is -0.100. The number of rotatable bonds is 4. The highest BCUT2D eigenvalue weighted by Crippen LogP contribution is 2.31. The predicted molar refractivity (Wildman–Crippen MR) is 80.2 cm³/mol. The Labute approximate surface area is 124 Å². The average molecular weight is 322 g/mol. The van der Waals surface area contributed by atoms with Crippen molar-refractivity contribution in [1.82, 2.24) is 4.31 Å². The van der Waals surface area contributed by atoms with Crippen molar-refractivity contribution in [2.75, 3.05) is 7.05 Å². The Kier molecular flexibility index (Phi) is 4.93. The summed E-state index contributed by atoms with van der Waals surface area (Å²) in [7, 11) is -1.66. The molecule has 2 rings (SSSR count). The summed E-state index contributed by atoms with van der Waals surface area (Å²) in [6.45, 7) is 2.23. The first-order valence-electron chi connectivity index (χ1n) is 6.56. The minimum Gasteiger partial charge on any atom is -0.207 e. The van der Waals surface area contributed by atoms with Gasteiger partial charge in [-0.2, -0.15) is 4.31 Å². The molecule has 3 nitrogen and oxygen atoms in total. The third-order valence-corrected chi connectivity index (χ3v) is 7.36. The van der Waals surface area contributed by atoms with Crippen LogP contribution in [0.5, 0.6) is 0 Å². The summed E-state index contributed by atoms with van der Waals surface area (Å²) < 4.78 is 26.6. The highest BCUT2D eigenvalue weighted by atomic mass is 35.5. The third-order valence-electron chi connectivity index (χ3n) is 3.94. The third kappa shape index (κ3) is 3.32. The SMILES string of the molecule is CC1CCC(N(C)S(=O)(=O)c2csc(CCl)c2)CC1. The first-order valence-corrected chi connectivity index (χ1v) is 9.42. The maximum absolute atomic E-state index is 12.5. The molecule has 1 fully saturated rings. The van der Waals surface area contributed by atoms with Gasteiger partial charge in [-0.05, 0) is 37.7 Å². The summed E-state index contributed by atoms with van der Waals surface area (Å²) in [5.41, 5.74) is 0. The van der Waals surface area contributed by atoms with Gasteiger partial charge in [-0.3, -0.25) is 0 Å². The molecule has 1 aromatic rings. The van der Waals surface area contributed by atoms with Gasteiger partial charge >= 0.3 is 0 Å². The van der Waals surface area contributed by atoms with Crippen LogP contribution in [-0.2, 0) is 15.9 Å². The molecule has 0 spiro atoms. The lowest BCUT2D eigenvalue weighted by molar-refractivity contribution is 0.246. The smallest absolute Gasteiger partial charge is 0.207 e. The number of alkyl halides is 1. The van der Waals surface area contributed by atoms with Crippen molar-refractivity contribution in [3.63, 3.8) is 0 Å². The van der Waals surface area contributed by atoms with E-state index in [0.717, 1.165) is 36.5 Å². The molecule has 0 unspecified atom stereocenters. The molecule has 1 aromatic heterocycles. The van der Waals surface area contributed by atoms with E-state index in [-0.39, 0.29) is 6.04 Å². The van der Waals surface area contributed by atoms with E-state index in [1.165, 1.54) is 11.3 Å². The minimum absolute atomic E-state index is 0.139. The molecule has 0 saturated heterocycles. The first-order chi connectivity index (χ1) is 8.95. The van der Waals surface area contributed by atoms with Gasteiger partial charge in [0.2, 0.25) is 10.0 Å². The zero-order valence-electron chi connectivity index (χ0n) is 11.3. The number of sulfonamides is 1. The van der Waals surface area contributed by atoms with Crippen LogP contribution in [0.3, 0.4) is 0 Å². The van der Waals surface area contributed by atoms with Gasteiger partial charge in [0.25, 0.3) is 0 Å². The Balaban J connectivity index is 2.14. The summed E-state index contributed by atoms with van der Waals surface area (Å²) in [6.07, 6.45) is 4.15. The molecule has 6 heteroatoms. The number of nitrogens with zero attached hydrogens (tertiary/aromatic N) is 1. The van der Waals surface area contributed by atoms with Crippen molar-refractivity contribution >= 4 is 33.0 Å². The maximum Gasteiger partial charge on any atom is 0.243 e. The molecule has 0 aliphatic heterocycles. The zero-order chi connectivity index (χ0) is 14.0. The monoisotopic (exact) mass is 321 g/mol. The van der Waals surface area contributed by atoms with Crippen LogP contribution in [0.2, 0.25) is 0 Å². The highest BCUT2D eigenvalue weighted by Gasteiger charge is 2.31. The topological polar surface area (TPSA) is 37.4 Å². The van der Waals surface area contributed by atoms with Gasteiger partial charge in [0, 0.05) is 23.3 Å². The number of hydrogen-bond acceptors (Lipinski definition) is 3. The van der Waals surface area contributed by atoms with Crippen molar-refractivity contribution in [3.05, 3.63) is 16.3 Å². The lowest BCUT2D eigenvalue weighted by Gasteiger charge is -2.32. The number of hydrogen-bond donors (Lipinski definition) is 0. The first kappa shape index (κ1) is 15.3. The summed E-state index contributed by atoms with van der Waals surface area (Å²) in [6, 6.07) is 1.83. The van der Waals surface area contributed by atoms with E-state index in [0.29, 0.717) is 10.8 Å². The summed E-state index contributed by atoms with van der Waals surface area (Å²) in [4.78, 5) is 1.28. The molecule has 108 valence electrons. The summed E-state index contributed by atoms with van der Waals surface area (Å²) in [5, 5.41) is 1.69. The van der Waals surface area contributed by atoms with Gasteiger partial charge in [-0.1, -0.05) is 6.92 Å². The zero-order valence-corrected chi connectivity index (χ0v) is 13.7. The second kappa shape index (κ2) is 6.12. The van der Waals surface area contributed by atoms with Gasteiger partial charge in [0.1, 0.15) is 0 Å². The molecular formula is C13H20ClNO2S2. The maximum atomic E-state index is 12.5. The minimum atomic E-state index is -3.36. The van der Waals surface area contributed by atoms with Crippen LogP contribution in [-0.4, -0.2) is 25.8 Å². The van der Waals surface area contributed by atoms with Crippen LogP contribution in [0, 0.1) is 5.92 Å². The Bertz CT molecular complexity index is 519. The van der Waals surface area contributed by atoms with Crippen LogP contribution >= 0.6 is 22.9 Å². The summed E-state index contributed by atoms with van der Waals surface area (Å²) >= 11 is 7.14. The molecule has 1 aliphatic rings. The number of thiophene rings is 1. The molecule has 1 heterocycles. The van der Waals surface area contributed by atoms with Crippen LogP contribution in [0.25, 0.3) is 0 Å².